The van der Waals surface area contributed by atoms with Gasteiger partial charge in [0.25, 0.3) is 0 Å². The summed E-state index contributed by atoms with van der Waals surface area (Å²) >= 11 is 0. The molecule has 1 aliphatic carbocycles. The summed E-state index contributed by atoms with van der Waals surface area (Å²) in [7, 11) is 1.61. The number of rotatable bonds is 6. The SMILES string of the molecule is C#C.C1CNCCN1.CC.CC/C(=C\OC)C1=CCC=c2ncc(/C=C\C(=O)Nc3cccc(C(F)(F)F)c3)cc2=C1. The van der Waals surface area contributed by atoms with Crippen molar-refractivity contribution in [1.82, 2.24) is 15.6 Å². The molecule has 2 heterocycles. The molecular weight excluding hydrogens is 541 g/mol. The van der Waals surface area contributed by atoms with Gasteiger partial charge in [0.15, 0.2) is 0 Å². The lowest BCUT2D eigenvalue weighted by molar-refractivity contribution is -0.137. The number of fused-ring (bicyclic) bond motifs is 1. The monoisotopic (exact) mass is 582 g/mol. The zero-order valence-electron chi connectivity index (χ0n) is 24.7. The second-order valence-corrected chi connectivity index (χ2v) is 8.62. The number of methoxy groups -OCH3 is 1. The molecule has 226 valence electrons. The molecule has 1 aromatic carbocycles. The lowest BCUT2D eigenvalue weighted by Crippen LogP contribution is -2.39. The first kappa shape index (κ1) is 35.9. The van der Waals surface area contributed by atoms with Crippen LogP contribution < -0.4 is 26.5 Å². The maximum Gasteiger partial charge on any atom is 0.416 e. The molecule has 0 spiro atoms. The third-order valence-corrected chi connectivity index (χ3v) is 5.78. The third kappa shape index (κ3) is 12.6. The summed E-state index contributed by atoms with van der Waals surface area (Å²) in [4.78, 5) is 16.7. The van der Waals surface area contributed by atoms with Crippen molar-refractivity contribution >= 4 is 29.8 Å². The van der Waals surface area contributed by atoms with E-state index in [4.69, 9.17) is 4.74 Å². The summed E-state index contributed by atoms with van der Waals surface area (Å²) in [6.07, 6.45) is 17.4. The van der Waals surface area contributed by atoms with Gasteiger partial charge in [0.05, 0.1) is 24.3 Å². The molecule has 42 heavy (non-hydrogen) atoms. The first-order chi connectivity index (χ1) is 20.3. The number of terminal acetylenes is 1. The van der Waals surface area contributed by atoms with Crippen molar-refractivity contribution in [1.29, 1.82) is 0 Å². The summed E-state index contributed by atoms with van der Waals surface area (Å²) in [5, 5.41) is 10.6. The maximum absolute atomic E-state index is 12.8. The zero-order valence-corrected chi connectivity index (χ0v) is 24.7. The standard InChI is InChI=1S/C25H23F3N2O2.C4H10N2.C2H6.C2H2/c1-3-18(16-32-2)19-6-4-9-23-20(13-19)12-17(15-29-23)10-11-24(31)30-22-8-5-7-21(14-22)25(26,27)28;1-2-6-4-3-5-1;2*1-2/h5-16H,3-4H2,1-2H3,(H,30,31);5-6H,1-4H2;1-2H3;1-2H/b11-10-,18-16+;;;. The fraction of sp³-hybridized carbons (Fsp3) is 0.333. The molecule has 1 fully saturated rings. The fourth-order valence-corrected chi connectivity index (χ4v) is 3.86. The molecule has 2 aliphatic rings. The van der Waals surface area contributed by atoms with Gasteiger partial charge in [-0.15, -0.1) is 12.8 Å². The molecule has 1 aliphatic heterocycles. The Morgan fingerprint density at radius 3 is 2.33 bits per heavy atom. The Labute approximate surface area is 247 Å². The Balaban J connectivity index is 0.000000759. The van der Waals surface area contributed by atoms with E-state index < -0.39 is 17.6 Å². The Bertz CT molecular complexity index is 1340. The van der Waals surface area contributed by atoms with Crippen molar-refractivity contribution in [3.8, 4) is 12.8 Å². The number of allylic oxidation sites excluding steroid dienone is 3. The number of piperazine rings is 1. The molecule has 0 radical (unpaired) electrons. The Morgan fingerprint density at radius 1 is 1.10 bits per heavy atom. The molecule has 4 rings (SSSR count). The third-order valence-electron chi connectivity index (χ3n) is 5.78. The number of nitrogens with one attached hydrogen (secondary N) is 3. The van der Waals surface area contributed by atoms with Gasteiger partial charge in [0, 0.05) is 49.4 Å². The number of alkyl halides is 3. The molecule has 1 saturated heterocycles. The van der Waals surface area contributed by atoms with Gasteiger partial charge < -0.3 is 20.7 Å². The van der Waals surface area contributed by atoms with Gasteiger partial charge in [-0.25, -0.2) is 0 Å². The van der Waals surface area contributed by atoms with Crippen LogP contribution in [0, 0.1) is 12.8 Å². The van der Waals surface area contributed by atoms with Crippen molar-refractivity contribution in [2.75, 3.05) is 38.6 Å². The van der Waals surface area contributed by atoms with Crippen molar-refractivity contribution in [2.24, 2.45) is 0 Å². The summed E-state index contributed by atoms with van der Waals surface area (Å²) < 4.78 is 43.7. The van der Waals surface area contributed by atoms with Gasteiger partial charge in [0.1, 0.15) is 0 Å². The van der Waals surface area contributed by atoms with Crippen LogP contribution in [0.15, 0.2) is 66.1 Å². The first-order valence-corrected chi connectivity index (χ1v) is 13.8. The lowest BCUT2D eigenvalue weighted by Gasteiger charge is -2.11. The van der Waals surface area contributed by atoms with Gasteiger partial charge >= 0.3 is 6.18 Å². The predicted octanol–water partition coefficient (Wildman–Crippen LogP) is 5.04. The zero-order chi connectivity index (χ0) is 31.4. The van der Waals surface area contributed by atoms with Crippen LogP contribution in [0.1, 0.15) is 44.7 Å². The van der Waals surface area contributed by atoms with E-state index in [1.165, 1.54) is 18.2 Å². The Hall–Kier alpha value is -4.13. The quantitative estimate of drug-likeness (QED) is 0.253. The minimum atomic E-state index is -4.47. The van der Waals surface area contributed by atoms with Crippen LogP contribution in [0.5, 0.6) is 0 Å². The molecule has 0 bridgehead atoms. The highest BCUT2D eigenvalue weighted by atomic mass is 19.4. The van der Waals surface area contributed by atoms with Gasteiger partial charge in [-0.1, -0.05) is 39.0 Å². The summed E-state index contributed by atoms with van der Waals surface area (Å²) in [6, 6.07) is 6.41. The molecule has 0 unspecified atom stereocenters. The van der Waals surface area contributed by atoms with Crippen molar-refractivity contribution in [3.05, 3.63) is 87.8 Å². The van der Waals surface area contributed by atoms with E-state index in [0.29, 0.717) is 5.56 Å². The van der Waals surface area contributed by atoms with E-state index in [-0.39, 0.29) is 5.69 Å². The molecule has 0 atom stereocenters. The normalized spacial score (nSPS) is 14.3. The average molecular weight is 583 g/mol. The van der Waals surface area contributed by atoms with Gasteiger partial charge in [0.2, 0.25) is 5.91 Å². The highest BCUT2D eigenvalue weighted by molar-refractivity contribution is 6.01. The maximum atomic E-state index is 12.8. The van der Waals surface area contributed by atoms with E-state index in [9.17, 15) is 18.0 Å². The van der Waals surface area contributed by atoms with Crippen LogP contribution in [0.4, 0.5) is 18.9 Å². The first-order valence-electron chi connectivity index (χ1n) is 13.8. The number of carbonyl (C=O) groups is 1. The number of halogens is 3. The molecule has 9 heteroatoms. The predicted molar refractivity (Wildman–Crippen MR) is 167 cm³/mol. The molecule has 2 aromatic rings. The number of ether oxygens (including phenoxy) is 1. The number of nitrogens with zero attached hydrogens (tertiary/aromatic N) is 1. The van der Waals surface area contributed by atoms with E-state index >= 15 is 0 Å². The van der Waals surface area contributed by atoms with Crippen LogP contribution in [0.3, 0.4) is 0 Å². The van der Waals surface area contributed by atoms with Gasteiger partial charge in [-0.2, -0.15) is 13.2 Å². The van der Waals surface area contributed by atoms with Gasteiger partial charge in [-0.3, -0.25) is 9.78 Å². The molecule has 1 aromatic heterocycles. The summed E-state index contributed by atoms with van der Waals surface area (Å²) in [5.74, 6) is -0.535. The van der Waals surface area contributed by atoms with E-state index in [1.807, 2.05) is 32.1 Å². The number of hydrogen-bond acceptors (Lipinski definition) is 5. The van der Waals surface area contributed by atoms with Crippen molar-refractivity contribution in [2.45, 2.75) is 39.8 Å². The summed E-state index contributed by atoms with van der Waals surface area (Å²) in [5.41, 5.74) is 2.07. The van der Waals surface area contributed by atoms with E-state index in [1.54, 1.807) is 25.6 Å². The molecule has 6 nitrogen and oxygen atoms in total. The number of pyridine rings is 1. The largest absolute Gasteiger partial charge is 0.504 e. The molecule has 1 amide bonds. The van der Waals surface area contributed by atoms with Crippen LogP contribution >= 0.6 is 0 Å². The smallest absolute Gasteiger partial charge is 0.416 e. The Morgan fingerprint density at radius 2 is 1.76 bits per heavy atom. The minimum Gasteiger partial charge on any atom is -0.504 e. The minimum absolute atomic E-state index is 0.0734. The number of amides is 1. The second kappa shape index (κ2) is 19.9. The molecule has 0 saturated carbocycles. The highest BCUT2D eigenvalue weighted by Crippen LogP contribution is 2.30. The number of anilines is 1. The van der Waals surface area contributed by atoms with Crippen LogP contribution in [0.2, 0.25) is 0 Å². The fourth-order valence-electron chi connectivity index (χ4n) is 3.86. The van der Waals surface area contributed by atoms with Gasteiger partial charge in [-0.05, 0) is 66.0 Å². The molecule has 3 N–H and O–H groups in total. The van der Waals surface area contributed by atoms with Crippen LogP contribution in [-0.4, -0.2) is 44.2 Å². The highest BCUT2D eigenvalue weighted by Gasteiger charge is 2.30. The number of carbonyl (C=O) groups excluding carboxylic acids is 1. The number of hydrogen-bond donors (Lipinski definition) is 3. The number of benzene rings is 1. The summed E-state index contributed by atoms with van der Waals surface area (Å²) in [6.45, 7) is 10.6. The Kier molecular flexibility index (Phi) is 17.0. The van der Waals surface area contributed by atoms with Crippen LogP contribution in [0.25, 0.3) is 18.2 Å². The second-order valence-electron chi connectivity index (χ2n) is 8.62. The van der Waals surface area contributed by atoms with E-state index in [2.05, 4.69) is 46.8 Å². The van der Waals surface area contributed by atoms with Crippen molar-refractivity contribution < 1.29 is 22.7 Å². The van der Waals surface area contributed by atoms with Crippen molar-refractivity contribution in [3.63, 3.8) is 0 Å². The average Bonchev–Trinajstić information content (AvgIpc) is 3.24. The lowest BCUT2D eigenvalue weighted by atomic mass is 10.0. The molecular formula is C33H41F3N4O2. The van der Waals surface area contributed by atoms with Crippen LogP contribution in [-0.2, 0) is 15.7 Å². The topological polar surface area (TPSA) is 75.3 Å². The van der Waals surface area contributed by atoms with E-state index in [0.717, 1.165) is 72.9 Å². The number of aromatic nitrogens is 1.